The Morgan fingerprint density at radius 1 is 0.917 bits per heavy atom. The molecule has 1 saturated carbocycles. The third kappa shape index (κ3) is 2.60. The minimum atomic E-state index is -3.73. The molecule has 0 amide bonds. The molecule has 0 radical (unpaired) electrons. The molecule has 24 heavy (non-hydrogen) atoms. The van der Waals surface area contributed by atoms with E-state index in [4.69, 9.17) is 0 Å². The molecule has 124 valence electrons. The maximum atomic E-state index is 12.9. The van der Waals surface area contributed by atoms with Crippen molar-refractivity contribution < 1.29 is 8.42 Å². The van der Waals surface area contributed by atoms with E-state index in [0.29, 0.717) is 17.0 Å². The Morgan fingerprint density at radius 2 is 1.62 bits per heavy atom. The van der Waals surface area contributed by atoms with Crippen LogP contribution in [-0.4, -0.2) is 22.8 Å². The molecule has 1 aliphatic rings. The fraction of sp³-hybridized carbons (Fsp3) is 0.333. The molecule has 0 N–H and O–H groups in total. The molecule has 0 saturated heterocycles. The van der Waals surface area contributed by atoms with E-state index in [1.165, 1.54) is 37.7 Å². The highest BCUT2D eigenvalue weighted by Crippen LogP contribution is 2.33. The van der Waals surface area contributed by atoms with Gasteiger partial charge < -0.3 is 0 Å². The summed E-state index contributed by atoms with van der Waals surface area (Å²) in [5.41, 5.74) is 2.30. The molecule has 5 nitrogen and oxygen atoms in total. The van der Waals surface area contributed by atoms with E-state index in [-0.39, 0.29) is 4.90 Å². The lowest BCUT2D eigenvalue weighted by Gasteiger charge is -2.22. The molecule has 0 aliphatic heterocycles. The molecule has 3 aromatic rings. The largest absolute Gasteiger partial charge is 0.284 e. The average Bonchev–Trinajstić information content (AvgIpc) is 3.07. The van der Waals surface area contributed by atoms with Gasteiger partial charge in [0.25, 0.3) is 10.0 Å². The summed E-state index contributed by atoms with van der Waals surface area (Å²) in [5.74, 6) is 0.558. The molecule has 6 heteroatoms. The van der Waals surface area contributed by atoms with Crippen LogP contribution < -0.4 is 0 Å². The fourth-order valence-corrected chi connectivity index (χ4v) is 4.70. The third-order valence-electron chi connectivity index (χ3n) is 4.80. The zero-order valence-electron chi connectivity index (χ0n) is 13.3. The van der Waals surface area contributed by atoms with Crippen molar-refractivity contribution in [2.24, 2.45) is 0 Å². The quantitative estimate of drug-likeness (QED) is 0.728. The van der Waals surface area contributed by atoms with Crippen LogP contribution in [0.2, 0.25) is 0 Å². The van der Waals surface area contributed by atoms with Gasteiger partial charge in [0.1, 0.15) is 11.0 Å². The van der Waals surface area contributed by atoms with Crippen LogP contribution in [0.25, 0.3) is 11.0 Å². The fourth-order valence-electron chi connectivity index (χ4n) is 3.47. The van der Waals surface area contributed by atoms with Crippen LogP contribution in [0.15, 0.2) is 53.4 Å². The smallest absolute Gasteiger partial charge is 0.199 e. The van der Waals surface area contributed by atoms with Gasteiger partial charge in [0, 0.05) is 0 Å². The number of nitrogens with zero attached hydrogens (tertiary/aromatic N) is 3. The zero-order chi connectivity index (χ0) is 16.6. The topological polar surface area (TPSA) is 64.8 Å². The van der Waals surface area contributed by atoms with Gasteiger partial charge in [-0.25, -0.2) is 0 Å². The van der Waals surface area contributed by atoms with Gasteiger partial charge in [-0.1, -0.05) is 48.7 Å². The molecule has 2 aromatic carbocycles. The van der Waals surface area contributed by atoms with Crippen molar-refractivity contribution in [1.82, 2.24) is 14.4 Å². The van der Waals surface area contributed by atoms with Crippen LogP contribution in [0.3, 0.4) is 0 Å². The van der Waals surface area contributed by atoms with Gasteiger partial charge in [0.05, 0.1) is 4.90 Å². The van der Waals surface area contributed by atoms with Crippen LogP contribution in [-0.2, 0) is 10.0 Å². The number of para-hydroxylation sites is 1. The van der Waals surface area contributed by atoms with Crippen molar-refractivity contribution in [3.63, 3.8) is 0 Å². The zero-order valence-corrected chi connectivity index (χ0v) is 14.1. The van der Waals surface area contributed by atoms with Gasteiger partial charge in [-0.3, -0.25) is 0 Å². The summed E-state index contributed by atoms with van der Waals surface area (Å²) in [6.07, 6.45) is 6.22. The average molecular weight is 341 g/mol. The molecule has 1 aliphatic carbocycles. The molecular formula is C18H19N3O2S. The van der Waals surface area contributed by atoms with Crippen LogP contribution in [0, 0.1) is 0 Å². The second-order valence-corrected chi connectivity index (χ2v) is 8.10. The third-order valence-corrected chi connectivity index (χ3v) is 6.40. The molecule has 1 aromatic heterocycles. The SMILES string of the molecule is O=S(=O)(c1ccc(C2CCCCC2)cc1)n1nnc2ccccc21. The van der Waals surface area contributed by atoms with Gasteiger partial charge in [0.15, 0.2) is 0 Å². The van der Waals surface area contributed by atoms with Crippen molar-refractivity contribution >= 4 is 21.1 Å². The first-order chi connectivity index (χ1) is 11.7. The number of hydrogen-bond acceptors (Lipinski definition) is 4. The van der Waals surface area contributed by atoms with Crippen molar-refractivity contribution in [2.45, 2.75) is 42.9 Å². The number of hydrogen-bond donors (Lipinski definition) is 0. The molecule has 0 atom stereocenters. The predicted octanol–water partition coefficient (Wildman–Crippen LogP) is 3.72. The molecule has 1 fully saturated rings. The van der Waals surface area contributed by atoms with E-state index in [2.05, 4.69) is 10.3 Å². The van der Waals surface area contributed by atoms with E-state index >= 15 is 0 Å². The molecule has 0 spiro atoms. The highest BCUT2D eigenvalue weighted by atomic mass is 32.2. The number of aromatic nitrogens is 3. The van der Waals surface area contributed by atoms with Gasteiger partial charge in [-0.05, 0) is 48.6 Å². The summed E-state index contributed by atoms with van der Waals surface area (Å²) >= 11 is 0. The normalized spacial score (nSPS) is 16.5. The first-order valence-electron chi connectivity index (χ1n) is 8.32. The van der Waals surface area contributed by atoms with Crippen LogP contribution >= 0.6 is 0 Å². The number of rotatable bonds is 3. The van der Waals surface area contributed by atoms with E-state index in [9.17, 15) is 8.42 Å². The first kappa shape index (κ1) is 15.3. The van der Waals surface area contributed by atoms with E-state index in [1.807, 2.05) is 18.2 Å². The molecular weight excluding hydrogens is 322 g/mol. The first-order valence-corrected chi connectivity index (χ1v) is 9.76. The number of fused-ring (bicyclic) bond motifs is 1. The van der Waals surface area contributed by atoms with Gasteiger partial charge in [0.2, 0.25) is 0 Å². The summed E-state index contributed by atoms with van der Waals surface area (Å²) in [6, 6.07) is 14.3. The second kappa shape index (κ2) is 6.02. The number of benzene rings is 2. The summed E-state index contributed by atoms with van der Waals surface area (Å²) in [4.78, 5) is 0.248. The van der Waals surface area contributed by atoms with Crippen LogP contribution in [0.4, 0.5) is 0 Å². The van der Waals surface area contributed by atoms with Crippen molar-refractivity contribution in [3.05, 3.63) is 54.1 Å². The van der Waals surface area contributed by atoms with Crippen LogP contribution in [0.5, 0.6) is 0 Å². The van der Waals surface area contributed by atoms with Gasteiger partial charge >= 0.3 is 0 Å². The highest BCUT2D eigenvalue weighted by molar-refractivity contribution is 7.90. The van der Waals surface area contributed by atoms with E-state index in [0.717, 1.165) is 4.09 Å². The molecule has 4 rings (SSSR count). The predicted molar refractivity (Wildman–Crippen MR) is 92.4 cm³/mol. The highest BCUT2D eigenvalue weighted by Gasteiger charge is 2.22. The molecule has 0 unspecified atom stereocenters. The summed E-state index contributed by atoms with van der Waals surface area (Å²) in [7, 11) is -3.73. The second-order valence-electron chi connectivity index (χ2n) is 6.33. The lowest BCUT2D eigenvalue weighted by atomic mass is 9.84. The summed E-state index contributed by atoms with van der Waals surface area (Å²) in [5, 5.41) is 7.77. The Kier molecular flexibility index (Phi) is 3.84. The Bertz CT molecular complexity index is 955. The maximum Gasteiger partial charge on any atom is 0.284 e. The lowest BCUT2D eigenvalue weighted by molar-refractivity contribution is 0.443. The Morgan fingerprint density at radius 3 is 2.38 bits per heavy atom. The molecule has 0 bridgehead atoms. The van der Waals surface area contributed by atoms with Crippen molar-refractivity contribution in [1.29, 1.82) is 0 Å². The van der Waals surface area contributed by atoms with E-state index in [1.54, 1.807) is 30.3 Å². The Balaban J connectivity index is 1.69. The monoisotopic (exact) mass is 341 g/mol. The lowest BCUT2D eigenvalue weighted by Crippen LogP contribution is -2.15. The summed E-state index contributed by atoms with van der Waals surface area (Å²) < 4.78 is 26.7. The minimum absolute atomic E-state index is 0.248. The standard InChI is InChI=1S/C18H19N3O2S/c22-24(23,21-18-9-5-4-8-17(18)19-20-21)16-12-10-15(11-13-16)14-6-2-1-3-7-14/h4-5,8-14H,1-3,6-7H2. The van der Waals surface area contributed by atoms with Crippen LogP contribution in [0.1, 0.15) is 43.6 Å². The van der Waals surface area contributed by atoms with Crippen molar-refractivity contribution in [2.75, 3.05) is 0 Å². The van der Waals surface area contributed by atoms with Crippen molar-refractivity contribution in [3.8, 4) is 0 Å². The molecule has 1 heterocycles. The Labute approximate surface area is 141 Å². The Hall–Kier alpha value is -2.21. The van der Waals surface area contributed by atoms with E-state index < -0.39 is 10.0 Å². The van der Waals surface area contributed by atoms with Gasteiger partial charge in [-0.15, -0.1) is 9.19 Å². The minimum Gasteiger partial charge on any atom is -0.199 e. The van der Waals surface area contributed by atoms with Gasteiger partial charge in [-0.2, -0.15) is 8.42 Å². The summed E-state index contributed by atoms with van der Waals surface area (Å²) in [6.45, 7) is 0. The maximum absolute atomic E-state index is 12.9.